The van der Waals surface area contributed by atoms with Gasteiger partial charge in [0.1, 0.15) is 6.67 Å². The first-order valence-corrected chi connectivity index (χ1v) is 5.65. The van der Waals surface area contributed by atoms with Gasteiger partial charge in [0.05, 0.1) is 6.42 Å². The van der Waals surface area contributed by atoms with E-state index >= 15 is 0 Å². The molecular formula is C11H11BrFNO3. The third-order valence-electron chi connectivity index (χ3n) is 2.07. The van der Waals surface area contributed by atoms with Crippen LogP contribution in [0.25, 0.3) is 0 Å². The summed E-state index contributed by atoms with van der Waals surface area (Å²) in [6, 6.07) is 5.53. The summed E-state index contributed by atoms with van der Waals surface area (Å²) in [5.74, 6) is -1.89. The van der Waals surface area contributed by atoms with Crippen LogP contribution in [0.3, 0.4) is 0 Å². The molecule has 0 aliphatic rings. The number of nitrogens with one attached hydrogen (secondary N) is 1. The Hall–Kier alpha value is -1.43. The lowest BCUT2D eigenvalue weighted by atomic mass is 10.1. The summed E-state index contributed by atoms with van der Waals surface area (Å²) in [7, 11) is 0. The molecule has 0 radical (unpaired) electrons. The van der Waals surface area contributed by atoms with E-state index in [9.17, 15) is 14.0 Å². The molecule has 0 heterocycles. The fourth-order valence-electron chi connectivity index (χ4n) is 1.20. The van der Waals surface area contributed by atoms with Crippen LogP contribution in [0.4, 0.5) is 4.39 Å². The number of amides is 1. The molecule has 0 saturated heterocycles. The van der Waals surface area contributed by atoms with Gasteiger partial charge in [0.25, 0.3) is 0 Å². The SMILES string of the molecule is O=C(Cc1ccc(Br)cc1)NC(CF)C(=O)O. The average Bonchev–Trinajstić information content (AvgIpc) is 2.28. The van der Waals surface area contributed by atoms with Crippen LogP contribution in [0.5, 0.6) is 0 Å². The molecule has 0 aliphatic heterocycles. The number of halogens is 2. The molecule has 1 aromatic carbocycles. The number of benzene rings is 1. The third-order valence-corrected chi connectivity index (χ3v) is 2.59. The van der Waals surface area contributed by atoms with Gasteiger partial charge in [-0.15, -0.1) is 0 Å². The Labute approximate surface area is 106 Å². The topological polar surface area (TPSA) is 66.4 Å². The van der Waals surface area contributed by atoms with E-state index < -0.39 is 24.6 Å². The molecule has 0 aliphatic carbocycles. The number of carboxylic acid groups (broad SMARTS) is 1. The maximum atomic E-state index is 12.3. The molecule has 0 fully saturated rings. The predicted molar refractivity (Wildman–Crippen MR) is 63.4 cm³/mol. The summed E-state index contributed by atoms with van der Waals surface area (Å²) in [4.78, 5) is 21.9. The Bertz CT molecular complexity index is 408. The Balaban J connectivity index is 2.54. The van der Waals surface area contributed by atoms with Crippen molar-refractivity contribution in [2.24, 2.45) is 0 Å². The molecule has 6 heteroatoms. The first-order chi connectivity index (χ1) is 8.02. The van der Waals surface area contributed by atoms with E-state index in [1.807, 2.05) is 0 Å². The quantitative estimate of drug-likeness (QED) is 0.867. The van der Waals surface area contributed by atoms with E-state index in [0.717, 1.165) is 10.0 Å². The minimum atomic E-state index is -1.47. The van der Waals surface area contributed by atoms with Gasteiger partial charge in [-0.3, -0.25) is 4.79 Å². The molecule has 1 aromatic rings. The second kappa shape index (κ2) is 6.34. The van der Waals surface area contributed by atoms with E-state index in [-0.39, 0.29) is 6.42 Å². The standard InChI is InChI=1S/C11H11BrFNO3/c12-8-3-1-7(2-4-8)5-10(15)14-9(6-13)11(16)17/h1-4,9H,5-6H2,(H,14,15)(H,16,17). The second-order valence-corrected chi connectivity index (χ2v) is 4.33. The van der Waals surface area contributed by atoms with Gasteiger partial charge in [0, 0.05) is 4.47 Å². The molecule has 0 spiro atoms. The summed E-state index contributed by atoms with van der Waals surface area (Å²) in [5, 5.41) is 10.7. The lowest BCUT2D eigenvalue weighted by Crippen LogP contribution is -2.42. The number of alkyl halides is 1. The van der Waals surface area contributed by atoms with E-state index in [0.29, 0.717) is 0 Å². The summed E-state index contributed by atoms with van der Waals surface area (Å²) >= 11 is 3.25. The van der Waals surface area contributed by atoms with Gasteiger partial charge in [-0.05, 0) is 17.7 Å². The fraction of sp³-hybridized carbons (Fsp3) is 0.273. The van der Waals surface area contributed by atoms with E-state index in [4.69, 9.17) is 5.11 Å². The molecule has 17 heavy (non-hydrogen) atoms. The highest BCUT2D eigenvalue weighted by Crippen LogP contribution is 2.10. The van der Waals surface area contributed by atoms with Crippen LogP contribution in [0, 0.1) is 0 Å². The van der Waals surface area contributed by atoms with Gasteiger partial charge >= 0.3 is 5.97 Å². The number of aliphatic carboxylic acids is 1. The monoisotopic (exact) mass is 303 g/mol. The van der Waals surface area contributed by atoms with Crippen LogP contribution in [-0.2, 0) is 16.0 Å². The third kappa shape index (κ3) is 4.52. The molecule has 1 rings (SSSR count). The van der Waals surface area contributed by atoms with Crippen LogP contribution in [-0.4, -0.2) is 29.7 Å². The van der Waals surface area contributed by atoms with Crippen molar-refractivity contribution in [2.45, 2.75) is 12.5 Å². The highest BCUT2D eigenvalue weighted by Gasteiger charge is 2.19. The average molecular weight is 304 g/mol. The molecular weight excluding hydrogens is 293 g/mol. The van der Waals surface area contributed by atoms with Gasteiger partial charge < -0.3 is 10.4 Å². The zero-order valence-corrected chi connectivity index (χ0v) is 10.4. The Morgan fingerprint density at radius 2 is 1.94 bits per heavy atom. The minimum Gasteiger partial charge on any atom is -0.480 e. The Morgan fingerprint density at radius 1 is 1.35 bits per heavy atom. The highest BCUT2D eigenvalue weighted by atomic mass is 79.9. The lowest BCUT2D eigenvalue weighted by molar-refractivity contribution is -0.142. The van der Waals surface area contributed by atoms with Gasteiger partial charge in [-0.1, -0.05) is 28.1 Å². The van der Waals surface area contributed by atoms with E-state index in [1.54, 1.807) is 24.3 Å². The van der Waals surface area contributed by atoms with Crippen molar-refractivity contribution in [1.82, 2.24) is 5.32 Å². The number of carboxylic acids is 1. The number of carbonyl (C=O) groups excluding carboxylic acids is 1. The largest absolute Gasteiger partial charge is 0.480 e. The normalized spacial score (nSPS) is 11.9. The van der Waals surface area contributed by atoms with Crippen molar-refractivity contribution in [2.75, 3.05) is 6.67 Å². The molecule has 1 amide bonds. The highest BCUT2D eigenvalue weighted by molar-refractivity contribution is 9.10. The first-order valence-electron chi connectivity index (χ1n) is 4.85. The number of hydrogen-bond acceptors (Lipinski definition) is 2. The van der Waals surface area contributed by atoms with Gasteiger partial charge in [0.15, 0.2) is 6.04 Å². The maximum Gasteiger partial charge on any atom is 0.328 e. The molecule has 0 bridgehead atoms. The van der Waals surface area contributed by atoms with Gasteiger partial charge in [-0.25, -0.2) is 9.18 Å². The molecule has 0 aromatic heterocycles. The van der Waals surface area contributed by atoms with Crippen molar-refractivity contribution in [3.63, 3.8) is 0 Å². The van der Waals surface area contributed by atoms with Crippen molar-refractivity contribution >= 4 is 27.8 Å². The first kappa shape index (κ1) is 13.6. The number of carbonyl (C=O) groups is 2. The van der Waals surface area contributed by atoms with Crippen LogP contribution in [0.1, 0.15) is 5.56 Å². The Kier molecular flexibility index (Phi) is 5.09. The van der Waals surface area contributed by atoms with Crippen LogP contribution in [0.2, 0.25) is 0 Å². The summed E-state index contributed by atoms with van der Waals surface area (Å²) < 4.78 is 13.1. The van der Waals surface area contributed by atoms with Gasteiger partial charge in [-0.2, -0.15) is 0 Å². The van der Waals surface area contributed by atoms with Crippen LogP contribution < -0.4 is 5.32 Å². The van der Waals surface area contributed by atoms with Gasteiger partial charge in [0.2, 0.25) is 5.91 Å². The molecule has 2 N–H and O–H groups in total. The molecule has 4 nitrogen and oxygen atoms in total. The van der Waals surface area contributed by atoms with Crippen molar-refractivity contribution in [3.05, 3.63) is 34.3 Å². The second-order valence-electron chi connectivity index (χ2n) is 3.42. The van der Waals surface area contributed by atoms with Crippen LogP contribution >= 0.6 is 15.9 Å². The number of rotatable bonds is 5. The maximum absolute atomic E-state index is 12.3. The Morgan fingerprint density at radius 3 is 2.41 bits per heavy atom. The summed E-state index contributed by atoms with van der Waals surface area (Å²) in [6.07, 6.45) is 0.0249. The molecule has 1 atom stereocenters. The minimum absolute atomic E-state index is 0.0249. The summed E-state index contributed by atoms with van der Waals surface area (Å²) in [6.45, 7) is -1.12. The molecule has 0 saturated carbocycles. The van der Waals surface area contributed by atoms with Crippen molar-refractivity contribution in [3.8, 4) is 0 Å². The number of hydrogen-bond donors (Lipinski definition) is 2. The fourth-order valence-corrected chi connectivity index (χ4v) is 1.46. The molecule has 1 unspecified atom stereocenters. The van der Waals surface area contributed by atoms with Crippen LogP contribution in [0.15, 0.2) is 28.7 Å². The summed E-state index contributed by atoms with van der Waals surface area (Å²) in [5.41, 5.74) is 0.730. The van der Waals surface area contributed by atoms with Crippen molar-refractivity contribution < 1.29 is 19.1 Å². The predicted octanol–water partition coefficient (Wildman–Crippen LogP) is 1.53. The smallest absolute Gasteiger partial charge is 0.328 e. The zero-order chi connectivity index (χ0) is 12.8. The van der Waals surface area contributed by atoms with E-state index in [1.165, 1.54) is 0 Å². The molecule has 92 valence electrons. The van der Waals surface area contributed by atoms with Crippen molar-refractivity contribution in [1.29, 1.82) is 0 Å². The zero-order valence-electron chi connectivity index (χ0n) is 8.82. The lowest BCUT2D eigenvalue weighted by Gasteiger charge is -2.10. The van der Waals surface area contributed by atoms with E-state index in [2.05, 4.69) is 21.2 Å².